The average molecular weight is 573 g/mol. The second kappa shape index (κ2) is 10.7. The Labute approximate surface area is 236 Å². The van der Waals surface area contributed by atoms with Gasteiger partial charge in [-0.15, -0.1) is 11.3 Å². The van der Waals surface area contributed by atoms with E-state index in [1.54, 1.807) is 19.1 Å². The van der Waals surface area contributed by atoms with Gasteiger partial charge in [0.25, 0.3) is 15.9 Å². The Morgan fingerprint density at radius 1 is 0.875 bits per heavy atom. The van der Waals surface area contributed by atoms with Gasteiger partial charge in [-0.25, -0.2) is 8.42 Å². The number of thiophene rings is 1. The fourth-order valence-corrected chi connectivity index (χ4v) is 6.65. The molecule has 4 N–H and O–H groups in total. The number of phenolic OH excluding ortho intramolecular Hbond substituents is 2. The van der Waals surface area contributed by atoms with Gasteiger partial charge in [-0.3, -0.25) is 9.52 Å². The van der Waals surface area contributed by atoms with Crippen molar-refractivity contribution in [1.29, 1.82) is 0 Å². The number of phenols is 2. The predicted molar refractivity (Wildman–Crippen MR) is 161 cm³/mol. The minimum Gasteiger partial charge on any atom is -0.507 e. The first-order valence-corrected chi connectivity index (χ1v) is 14.9. The summed E-state index contributed by atoms with van der Waals surface area (Å²) in [5.41, 5.74) is 2.37. The molecule has 0 aliphatic carbocycles. The largest absolute Gasteiger partial charge is 0.507 e. The fraction of sp³-hybridized carbons (Fsp3) is 0.129. The third-order valence-corrected chi connectivity index (χ3v) is 9.23. The topological polar surface area (TPSA) is 116 Å². The van der Waals surface area contributed by atoms with Crippen LogP contribution >= 0.6 is 11.3 Å². The van der Waals surface area contributed by atoms with Crippen LogP contribution in [0.1, 0.15) is 41.3 Å². The molecule has 0 atom stereocenters. The lowest BCUT2D eigenvalue weighted by atomic mass is 10.0. The maximum atomic E-state index is 13.2. The highest BCUT2D eigenvalue weighted by Gasteiger charge is 2.22. The van der Waals surface area contributed by atoms with Gasteiger partial charge in [-0.1, -0.05) is 50.2 Å². The lowest BCUT2D eigenvalue weighted by molar-refractivity contribution is 0.102. The lowest BCUT2D eigenvalue weighted by Gasteiger charge is -2.15. The van der Waals surface area contributed by atoms with E-state index in [1.165, 1.54) is 41.7 Å². The Balaban J connectivity index is 1.39. The highest BCUT2D eigenvalue weighted by Crippen LogP contribution is 2.43. The van der Waals surface area contributed by atoms with Gasteiger partial charge in [0, 0.05) is 26.4 Å². The number of sulfonamides is 1. The normalized spacial score (nSPS) is 11.6. The summed E-state index contributed by atoms with van der Waals surface area (Å²) in [6, 6.07) is 24.2. The average Bonchev–Trinajstić information content (AvgIpc) is 3.36. The van der Waals surface area contributed by atoms with Gasteiger partial charge in [0.05, 0.1) is 16.1 Å². The number of para-hydroxylation sites is 1. The zero-order valence-electron chi connectivity index (χ0n) is 22.1. The zero-order valence-corrected chi connectivity index (χ0v) is 23.7. The van der Waals surface area contributed by atoms with Gasteiger partial charge in [-0.2, -0.15) is 0 Å². The number of nitrogens with one attached hydrogen (secondary N) is 2. The van der Waals surface area contributed by atoms with Crippen LogP contribution in [0.3, 0.4) is 0 Å². The Morgan fingerprint density at radius 2 is 1.55 bits per heavy atom. The summed E-state index contributed by atoms with van der Waals surface area (Å²) < 4.78 is 29.7. The molecule has 0 unspecified atom stereocenters. The van der Waals surface area contributed by atoms with Gasteiger partial charge in [0.15, 0.2) is 0 Å². The number of rotatable bonds is 7. The van der Waals surface area contributed by atoms with E-state index in [2.05, 4.69) is 10.0 Å². The summed E-state index contributed by atoms with van der Waals surface area (Å²) in [4.78, 5) is 14.0. The van der Waals surface area contributed by atoms with Gasteiger partial charge < -0.3 is 15.5 Å². The molecule has 1 aromatic heterocycles. The number of amides is 1. The molecule has 0 saturated carbocycles. The SMILES string of the molecule is Cc1c(O)c(C(=O)Nc2ccc(S(=O)(=O)Nc3ccccc3C(C)C)cc2)cc(-c2cc3ccccc3s2)c1O. The van der Waals surface area contributed by atoms with E-state index in [0.717, 1.165) is 20.5 Å². The molecule has 7 nitrogen and oxygen atoms in total. The minimum absolute atomic E-state index is 0.00795. The molecule has 0 spiro atoms. The summed E-state index contributed by atoms with van der Waals surface area (Å²) in [6.07, 6.45) is 0. The molecule has 0 saturated heterocycles. The maximum absolute atomic E-state index is 13.2. The van der Waals surface area contributed by atoms with E-state index >= 15 is 0 Å². The molecular weight excluding hydrogens is 544 g/mol. The summed E-state index contributed by atoms with van der Waals surface area (Å²) in [5, 5.41) is 25.2. The van der Waals surface area contributed by atoms with E-state index in [4.69, 9.17) is 0 Å². The Bertz CT molecular complexity index is 1810. The number of carbonyl (C=O) groups excluding carboxylic acids is 1. The van der Waals surface area contributed by atoms with Crippen molar-refractivity contribution in [3.05, 3.63) is 102 Å². The van der Waals surface area contributed by atoms with Crippen molar-refractivity contribution in [3.63, 3.8) is 0 Å². The summed E-state index contributed by atoms with van der Waals surface area (Å²) in [5.74, 6) is -0.882. The zero-order chi connectivity index (χ0) is 28.6. The number of benzene rings is 4. The van der Waals surface area contributed by atoms with Crippen molar-refractivity contribution in [2.45, 2.75) is 31.6 Å². The number of aromatic hydroxyl groups is 2. The van der Waals surface area contributed by atoms with Crippen LogP contribution < -0.4 is 10.0 Å². The van der Waals surface area contributed by atoms with Crippen molar-refractivity contribution in [2.75, 3.05) is 10.0 Å². The van der Waals surface area contributed by atoms with E-state index < -0.39 is 15.9 Å². The van der Waals surface area contributed by atoms with Crippen LogP contribution in [-0.4, -0.2) is 24.5 Å². The standard InChI is InChI=1S/C31H28N2O5S2/c1-18(2)23-9-5-6-10-26(23)33-40(37,38)22-14-12-21(13-15-22)32-31(36)25-17-24(29(34)19(3)30(25)35)28-16-20-8-4-7-11-27(20)39-28/h4-18,33-35H,1-3H3,(H,32,36). The van der Waals surface area contributed by atoms with Crippen molar-refractivity contribution in [2.24, 2.45) is 0 Å². The highest BCUT2D eigenvalue weighted by molar-refractivity contribution is 7.92. The van der Waals surface area contributed by atoms with Crippen LogP contribution in [0.4, 0.5) is 11.4 Å². The van der Waals surface area contributed by atoms with Gasteiger partial charge in [-0.05, 0) is 72.3 Å². The molecule has 0 radical (unpaired) electrons. The molecule has 1 heterocycles. The van der Waals surface area contributed by atoms with Crippen LogP contribution in [0.2, 0.25) is 0 Å². The molecule has 5 aromatic rings. The van der Waals surface area contributed by atoms with Crippen molar-refractivity contribution in [1.82, 2.24) is 0 Å². The minimum atomic E-state index is -3.86. The number of fused-ring (bicyclic) bond motifs is 1. The molecule has 0 bridgehead atoms. The third kappa shape index (κ3) is 5.25. The highest BCUT2D eigenvalue weighted by atomic mass is 32.2. The Kier molecular flexibility index (Phi) is 7.27. The lowest BCUT2D eigenvalue weighted by Crippen LogP contribution is -2.15. The fourth-order valence-electron chi connectivity index (χ4n) is 4.49. The van der Waals surface area contributed by atoms with E-state index in [-0.39, 0.29) is 33.4 Å². The van der Waals surface area contributed by atoms with Crippen molar-refractivity contribution < 1.29 is 23.4 Å². The number of hydrogen-bond donors (Lipinski definition) is 4. The molecule has 204 valence electrons. The number of anilines is 2. The first kappa shape index (κ1) is 27.2. The molecule has 0 aliphatic rings. The predicted octanol–water partition coefficient (Wildman–Crippen LogP) is 7.46. The Hall–Kier alpha value is -4.34. The second-order valence-electron chi connectivity index (χ2n) is 9.77. The van der Waals surface area contributed by atoms with Crippen LogP contribution in [0, 0.1) is 6.92 Å². The van der Waals surface area contributed by atoms with Crippen molar-refractivity contribution >= 4 is 48.7 Å². The summed E-state index contributed by atoms with van der Waals surface area (Å²) in [6.45, 7) is 5.52. The van der Waals surface area contributed by atoms with Crippen LogP contribution in [0.5, 0.6) is 11.5 Å². The summed E-state index contributed by atoms with van der Waals surface area (Å²) in [7, 11) is -3.86. The van der Waals surface area contributed by atoms with Gasteiger partial charge >= 0.3 is 0 Å². The van der Waals surface area contributed by atoms with E-state index in [9.17, 15) is 23.4 Å². The molecule has 1 amide bonds. The second-order valence-corrected chi connectivity index (χ2v) is 12.5. The van der Waals surface area contributed by atoms with Crippen LogP contribution in [-0.2, 0) is 10.0 Å². The van der Waals surface area contributed by atoms with Gasteiger partial charge in [0.1, 0.15) is 11.5 Å². The molecule has 5 rings (SSSR count). The smallest absolute Gasteiger partial charge is 0.261 e. The van der Waals surface area contributed by atoms with Gasteiger partial charge in [0.2, 0.25) is 0 Å². The summed E-state index contributed by atoms with van der Waals surface area (Å²) >= 11 is 1.47. The molecular formula is C31H28N2O5S2. The van der Waals surface area contributed by atoms with E-state index in [0.29, 0.717) is 16.9 Å². The van der Waals surface area contributed by atoms with Crippen LogP contribution in [0.25, 0.3) is 20.5 Å². The quantitative estimate of drug-likeness (QED) is 0.162. The van der Waals surface area contributed by atoms with Crippen molar-refractivity contribution in [3.8, 4) is 21.9 Å². The molecule has 9 heteroatoms. The molecule has 4 aromatic carbocycles. The number of hydrogen-bond acceptors (Lipinski definition) is 6. The van der Waals surface area contributed by atoms with Crippen LogP contribution in [0.15, 0.2) is 89.8 Å². The first-order chi connectivity index (χ1) is 19.0. The molecule has 0 aliphatic heterocycles. The Morgan fingerprint density at radius 3 is 2.25 bits per heavy atom. The maximum Gasteiger partial charge on any atom is 0.261 e. The first-order valence-electron chi connectivity index (χ1n) is 12.6. The molecule has 0 fully saturated rings. The number of carbonyl (C=O) groups is 1. The monoisotopic (exact) mass is 572 g/mol. The van der Waals surface area contributed by atoms with E-state index in [1.807, 2.05) is 56.3 Å². The molecule has 40 heavy (non-hydrogen) atoms. The third-order valence-electron chi connectivity index (χ3n) is 6.69.